The van der Waals surface area contributed by atoms with E-state index in [-0.39, 0.29) is 42.3 Å². The van der Waals surface area contributed by atoms with Crippen molar-refractivity contribution in [2.45, 2.75) is 64.6 Å². The smallest absolute Gasteiger partial charge is 0.416 e. The zero-order chi connectivity index (χ0) is 48.3. The van der Waals surface area contributed by atoms with Crippen LogP contribution in [0.25, 0.3) is 16.5 Å². The van der Waals surface area contributed by atoms with Crippen LogP contribution in [0.1, 0.15) is 84.4 Å². The second-order valence-electron chi connectivity index (χ2n) is 18.0. The summed E-state index contributed by atoms with van der Waals surface area (Å²) in [6.07, 6.45) is 1.29. The molecule has 0 saturated carbocycles. The third-order valence-electron chi connectivity index (χ3n) is 13.4. The molecular weight excluding hydrogens is 903 g/mol. The number of aryl methyl sites for hydroxylation is 1. The fourth-order valence-electron chi connectivity index (χ4n) is 9.51. The number of methoxy groups -OCH3 is 1. The van der Waals surface area contributed by atoms with Gasteiger partial charge in [-0.15, -0.1) is 0 Å². The van der Waals surface area contributed by atoms with Gasteiger partial charge in [-0.1, -0.05) is 17.7 Å². The quantitative estimate of drug-likeness (QED) is 0.0884. The Morgan fingerprint density at radius 3 is 2.41 bits per heavy atom. The van der Waals surface area contributed by atoms with Crippen LogP contribution < -0.4 is 26.0 Å². The van der Waals surface area contributed by atoms with Gasteiger partial charge in [0.2, 0.25) is 11.8 Å². The maximum atomic E-state index is 13.8. The van der Waals surface area contributed by atoms with Crippen molar-refractivity contribution in [1.29, 1.82) is 0 Å². The van der Waals surface area contributed by atoms with Gasteiger partial charge in [0.15, 0.2) is 0 Å². The summed E-state index contributed by atoms with van der Waals surface area (Å²) in [7, 11) is 1.60. The van der Waals surface area contributed by atoms with Crippen molar-refractivity contribution in [2.24, 2.45) is 11.8 Å². The first-order valence-electron chi connectivity index (χ1n) is 23.1. The van der Waals surface area contributed by atoms with E-state index in [1.54, 1.807) is 39.2 Å². The number of allylic oxidation sites excluding steroid dienone is 2. The van der Waals surface area contributed by atoms with E-state index in [0.717, 1.165) is 55.7 Å². The molecule has 15 nitrogen and oxygen atoms in total. The van der Waals surface area contributed by atoms with Gasteiger partial charge in [-0.2, -0.15) is 13.2 Å². The molecule has 0 radical (unpaired) electrons. The van der Waals surface area contributed by atoms with Gasteiger partial charge in [-0.05, 0) is 105 Å². The minimum Gasteiger partial charge on any atom is -0.496 e. The van der Waals surface area contributed by atoms with Crippen LogP contribution in [0, 0.1) is 18.8 Å². The van der Waals surface area contributed by atoms with Gasteiger partial charge in [0.25, 0.3) is 5.91 Å². The maximum absolute atomic E-state index is 13.8. The summed E-state index contributed by atoms with van der Waals surface area (Å²) in [5, 5.41) is 6.61. The number of halogens is 4. The number of imide groups is 1. The molecule has 4 N–H and O–H groups in total. The normalized spacial score (nSPS) is 19.2. The van der Waals surface area contributed by atoms with Crippen molar-refractivity contribution in [1.82, 2.24) is 30.0 Å². The number of nitrogens with zero attached hydrogens (tertiary/aromatic N) is 6. The predicted octanol–water partition coefficient (Wildman–Crippen LogP) is 7.72. The van der Waals surface area contributed by atoms with Crippen LogP contribution in [-0.2, 0) is 20.5 Å². The molecule has 3 aliphatic heterocycles. The van der Waals surface area contributed by atoms with Crippen molar-refractivity contribution in [3.8, 4) is 5.75 Å². The summed E-state index contributed by atoms with van der Waals surface area (Å²) in [6.45, 7) is 9.68. The number of carbonyl (C=O) groups is 4. The lowest BCUT2D eigenvalue weighted by atomic mass is 9.85. The Labute approximate surface area is 398 Å². The first-order valence-corrected chi connectivity index (χ1v) is 23.5. The number of anilines is 3. The summed E-state index contributed by atoms with van der Waals surface area (Å²) in [5.41, 5.74) is 8.80. The van der Waals surface area contributed by atoms with Crippen LogP contribution in [0.4, 0.5) is 35.2 Å². The highest BCUT2D eigenvalue weighted by Gasteiger charge is 2.33. The molecule has 4 aliphatic rings. The van der Waals surface area contributed by atoms with Crippen LogP contribution in [0.2, 0.25) is 5.02 Å². The van der Waals surface area contributed by atoms with Crippen LogP contribution in [0.15, 0.2) is 54.6 Å². The number of hydrogen-bond acceptors (Lipinski definition) is 11. The number of benzene rings is 3. The average Bonchev–Trinajstić information content (AvgIpc) is 3.32. The lowest BCUT2D eigenvalue weighted by Gasteiger charge is -2.37. The van der Waals surface area contributed by atoms with E-state index < -0.39 is 23.8 Å². The second kappa shape index (κ2) is 20.7. The number of nitrogen functional groups attached to an aromatic ring is 1. The number of rotatable bonds is 13. The number of amides is 5. The number of alkyl halides is 3. The third-order valence-corrected chi connectivity index (χ3v) is 13.7. The van der Waals surface area contributed by atoms with Gasteiger partial charge < -0.3 is 30.3 Å². The first-order chi connectivity index (χ1) is 32.5. The molecular formula is C49H57ClF3N9O6. The zero-order valence-corrected chi connectivity index (χ0v) is 39.2. The number of hydrogen-bond donors (Lipinski definition) is 3. The predicted molar refractivity (Wildman–Crippen MR) is 253 cm³/mol. The summed E-state index contributed by atoms with van der Waals surface area (Å²) in [6, 6.07) is 11.1. The maximum Gasteiger partial charge on any atom is 0.416 e. The number of nitrogens with two attached hydrogens (primary N) is 1. The summed E-state index contributed by atoms with van der Waals surface area (Å²) in [5.74, 6) is 1.48. The molecule has 2 unspecified atom stereocenters. The molecule has 4 heterocycles. The van der Waals surface area contributed by atoms with E-state index >= 15 is 0 Å². The number of nitrogens with one attached hydrogen (secondary N) is 2. The lowest BCUT2D eigenvalue weighted by molar-refractivity contribution is -0.138. The number of carbonyl (C=O) groups excluding carboxylic acids is 4. The van der Waals surface area contributed by atoms with Gasteiger partial charge in [0.05, 0.1) is 41.5 Å². The average molecular weight is 960 g/mol. The molecule has 3 aromatic carbocycles. The van der Waals surface area contributed by atoms with Gasteiger partial charge in [-0.25, -0.2) is 14.8 Å². The number of aromatic nitrogens is 2. The van der Waals surface area contributed by atoms with Gasteiger partial charge in [-0.3, -0.25) is 29.5 Å². The standard InChI is InChI=1S/C49H57ClF3N9O6/c1-29(35-22-36(49(51,52)53)25-37(54)23-35)55-45-39-26-38(43(67-3)27-41(39)56-30(2)57-45)32-4-6-33(7-5-32)46(64)61-18-16-59(17-19-61)20-21-68-28-31-10-13-60(14-11-31)47(65)34-8-9-40(50)42(24-34)62-15-12-44(63)58-48(62)66/h4,8-9,22-27,29,31,33H,5-7,10-21,28,54H2,1-3H3,(H,55,56,57)(H,58,63,66). The van der Waals surface area contributed by atoms with Crippen LogP contribution in [-0.4, -0.2) is 121 Å². The Morgan fingerprint density at radius 2 is 1.72 bits per heavy atom. The molecule has 3 saturated heterocycles. The summed E-state index contributed by atoms with van der Waals surface area (Å²) in [4.78, 5) is 68.0. The van der Waals surface area contributed by atoms with E-state index in [4.69, 9.17) is 26.8 Å². The zero-order valence-electron chi connectivity index (χ0n) is 38.5. The third kappa shape index (κ3) is 11.1. The van der Waals surface area contributed by atoms with E-state index in [1.807, 2.05) is 21.9 Å². The molecule has 4 aromatic rings. The van der Waals surface area contributed by atoms with Crippen LogP contribution in [0.5, 0.6) is 5.75 Å². The topological polar surface area (TPSA) is 176 Å². The minimum atomic E-state index is -4.54. The van der Waals surface area contributed by atoms with Gasteiger partial charge in [0, 0.05) is 99.6 Å². The van der Waals surface area contributed by atoms with E-state index in [1.165, 1.54) is 11.0 Å². The highest BCUT2D eigenvalue weighted by atomic mass is 35.5. The van der Waals surface area contributed by atoms with Crippen molar-refractivity contribution < 1.29 is 41.8 Å². The monoisotopic (exact) mass is 959 g/mol. The van der Waals surface area contributed by atoms with Crippen molar-refractivity contribution in [3.05, 3.63) is 87.7 Å². The number of piperidine rings is 1. The van der Waals surface area contributed by atoms with Crippen molar-refractivity contribution in [2.75, 3.05) is 88.6 Å². The molecule has 2 atom stereocenters. The van der Waals surface area contributed by atoms with Crippen LogP contribution >= 0.6 is 11.6 Å². The van der Waals surface area contributed by atoms with Crippen molar-refractivity contribution >= 4 is 69.0 Å². The fraction of sp³-hybridized carbons (Fsp3) is 0.469. The SMILES string of the molecule is COc1cc2nc(C)nc(NC(C)c3cc(N)cc(C(F)(F)F)c3)c2cc1C1=CCC(C(=O)N2CCN(CCOCC3CCN(C(=O)c4ccc(Cl)c(N5CCC(=O)NC5=O)c4)CC3)CC2)CC1. The molecule has 3 fully saturated rings. The van der Waals surface area contributed by atoms with Crippen LogP contribution in [0.3, 0.4) is 0 Å². The number of piperazine rings is 1. The number of urea groups is 1. The Kier molecular flexibility index (Phi) is 14.8. The second-order valence-corrected chi connectivity index (χ2v) is 18.4. The molecule has 1 aliphatic carbocycles. The minimum absolute atomic E-state index is 0.0185. The molecule has 5 amide bonds. The lowest BCUT2D eigenvalue weighted by Crippen LogP contribution is -2.51. The Hall–Kier alpha value is -5.98. The Bertz CT molecular complexity index is 2600. The Balaban J connectivity index is 0.786. The summed E-state index contributed by atoms with van der Waals surface area (Å²) >= 11 is 6.38. The molecule has 8 rings (SSSR count). The molecule has 1 aromatic heterocycles. The largest absolute Gasteiger partial charge is 0.496 e. The van der Waals surface area contributed by atoms with Gasteiger partial charge in [0.1, 0.15) is 17.4 Å². The molecule has 362 valence electrons. The Morgan fingerprint density at radius 1 is 0.956 bits per heavy atom. The first kappa shape index (κ1) is 48.5. The number of likely N-dealkylation sites (tertiary alicyclic amines) is 1. The van der Waals surface area contributed by atoms with Crippen molar-refractivity contribution in [3.63, 3.8) is 0 Å². The van der Waals surface area contributed by atoms with E-state index in [0.29, 0.717) is 115 Å². The van der Waals surface area contributed by atoms with E-state index in [9.17, 15) is 32.3 Å². The fourth-order valence-corrected chi connectivity index (χ4v) is 9.73. The van der Waals surface area contributed by atoms with E-state index in [2.05, 4.69) is 31.6 Å². The molecule has 68 heavy (non-hydrogen) atoms. The highest BCUT2D eigenvalue weighted by Crippen LogP contribution is 2.40. The number of fused-ring (bicyclic) bond motifs is 1. The van der Waals surface area contributed by atoms with Gasteiger partial charge >= 0.3 is 12.2 Å². The summed E-state index contributed by atoms with van der Waals surface area (Å²) < 4.78 is 52.8. The number of ether oxygens (including phenoxy) is 2. The molecule has 0 spiro atoms. The molecule has 0 bridgehead atoms. The highest BCUT2D eigenvalue weighted by molar-refractivity contribution is 6.34. The molecule has 19 heteroatoms.